The van der Waals surface area contributed by atoms with Crippen molar-refractivity contribution < 1.29 is 19.0 Å². The number of ether oxygens (including phenoxy) is 3. The number of benzene rings is 2. The van der Waals surface area contributed by atoms with Gasteiger partial charge in [-0.3, -0.25) is 9.78 Å². The predicted octanol–water partition coefficient (Wildman–Crippen LogP) is 4.43. The Morgan fingerprint density at radius 3 is 2.40 bits per heavy atom. The van der Waals surface area contributed by atoms with E-state index in [4.69, 9.17) is 14.2 Å². The molecule has 3 rings (SSSR count). The lowest BCUT2D eigenvalue weighted by atomic mass is 10.1. The van der Waals surface area contributed by atoms with Crippen LogP contribution in [0.25, 0.3) is 0 Å². The highest BCUT2D eigenvalue weighted by Gasteiger charge is 2.15. The van der Waals surface area contributed by atoms with Crippen molar-refractivity contribution in [1.29, 1.82) is 0 Å². The van der Waals surface area contributed by atoms with Gasteiger partial charge in [-0.2, -0.15) is 0 Å². The number of hydrogen-bond acceptors (Lipinski definition) is 5. The second-order valence-electron chi connectivity index (χ2n) is 6.58. The lowest BCUT2D eigenvalue weighted by Gasteiger charge is -2.16. The number of rotatable bonds is 10. The van der Waals surface area contributed by atoms with Gasteiger partial charge in [-0.1, -0.05) is 18.2 Å². The summed E-state index contributed by atoms with van der Waals surface area (Å²) in [4.78, 5) is 16.7. The lowest BCUT2D eigenvalue weighted by Crippen LogP contribution is -2.26. The van der Waals surface area contributed by atoms with Crippen molar-refractivity contribution in [3.05, 3.63) is 84.2 Å². The first kappa shape index (κ1) is 21.2. The molecule has 1 heterocycles. The molecule has 0 radical (unpaired) electrons. The number of amides is 1. The van der Waals surface area contributed by atoms with E-state index in [0.717, 1.165) is 11.3 Å². The van der Waals surface area contributed by atoms with E-state index < -0.39 is 0 Å². The summed E-state index contributed by atoms with van der Waals surface area (Å²) in [6.45, 7) is 5.05. The summed E-state index contributed by atoms with van der Waals surface area (Å²) < 4.78 is 17.1. The second-order valence-corrected chi connectivity index (χ2v) is 6.58. The Morgan fingerprint density at radius 1 is 0.933 bits per heavy atom. The Kier molecular flexibility index (Phi) is 7.66. The zero-order valence-corrected chi connectivity index (χ0v) is 17.2. The van der Waals surface area contributed by atoms with Crippen LogP contribution in [0.15, 0.2) is 73.1 Å². The van der Waals surface area contributed by atoms with E-state index in [1.807, 2.05) is 56.3 Å². The van der Waals surface area contributed by atoms with Crippen LogP contribution in [0, 0.1) is 0 Å². The highest BCUT2D eigenvalue weighted by Crippen LogP contribution is 2.29. The largest absolute Gasteiger partial charge is 0.490 e. The van der Waals surface area contributed by atoms with Gasteiger partial charge in [0.15, 0.2) is 11.5 Å². The minimum Gasteiger partial charge on any atom is -0.490 e. The molecule has 0 fully saturated rings. The standard InChI is InChI=1S/C24H26N2O4/c1-3-28-23-17-20(24(27)26-18(2)19-11-13-25-14-12-19)9-10-22(23)30-16-15-29-21-7-5-4-6-8-21/h4-14,17-18H,3,15-16H2,1-2H3,(H,26,27). The number of pyridine rings is 1. The van der Waals surface area contributed by atoms with Gasteiger partial charge < -0.3 is 19.5 Å². The summed E-state index contributed by atoms with van der Waals surface area (Å²) in [7, 11) is 0. The Bertz CT molecular complexity index is 932. The molecule has 0 aliphatic heterocycles. The quantitative estimate of drug-likeness (QED) is 0.505. The first-order valence-electron chi connectivity index (χ1n) is 9.95. The molecule has 3 aromatic rings. The van der Waals surface area contributed by atoms with E-state index >= 15 is 0 Å². The van der Waals surface area contributed by atoms with Gasteiger partial charge in [-0.15, -0.1) is 0 Å². The summed E-state index contributed by atoms with van der Waals surface area (Å²) in [5.41, 5.74) is 1.49. The van der Waals surface area contributed by atoms with Crippen molar-refractivity contribution in [2.45, 2.75) is 19.9 Å². The molecule has 0 bridgehead atoms. The normalized spacial score (nSPS) is 11.4. The molecule has 0 saturated carbocycles. The van der Waals surface area contributed by atoms with Crippen LogP contribution < -0.4 is 19.5 Å². The van der Waals surface area contributed by atoms with Crippen LogP contribution in [0.4, 0.5) is 0 Å². The van der Waals surface area contributed by atoms with Crippen LogP contribution in [0.5, 0.6) is 17.2 Å². The molecule has 0 aliphatic rings. The molecular formula is C24H26N2O4. The fourth-order valence-electron chi connectivity index (χ4n) is 2.88. The van der Waals surface area contributed by atoms with Gasteiger partial charge in [0.1, 0.15) is 19.0 Å². The van der Waals surface area contributed by atoms with Gasteiger partial charge in [0.25, 0.3) is 5.91 Å². The summed E-state index contributed by atoms with van der Waals surface area (Å²) in [6, 6.07) is 18.4. The third-order valence-corrected chi connectivity index (χ3v) is 4.41. The van der Waals surface area contributed by atoms with E-state index in [-0.39, 0.29) is 11.9 Å². The summed E-state index contributed by atoms with van der Waals surface area (Å²) >= 11 is 0. The Hall–Kier alpha value is -3.54. The number of carbonyl (C=O) groups excluding carboxylic acids is 1. The topological polar surface area (TPSA) is 69.7 Å². The average Bonchev–Trinajstić information content (AvgIpc) is 2.79. The monoisotopic (exact) mass is 406 g/mol. The maximum absolute atomic E-state index is 12.7. The molecule has 6 heteroatoms. The highest BCUT2D eigenvalue weighted by molar-refractivity contribution is 5.95. The molecule has 0 aliphatic carbocycles. The van der Waals surface area contributed by atoms with Crippen LogP contribution in [-0.4, -0.2) is 30.7 Å². The highest BCUT2D eigenvalue weighted by atomic mass is 16.5. The van der Waals surface area contributed by atoms with Crippen LogP contribution in [-0.2, 0) is 0 Å². The average molecular weight is 406 g/mol. The predicted molar refractivity (Wildman–Crippen MR) is 115 cm³/mol. The molecule has 1 N–H and O–H groups in total. The summed E-state index contributed by atoms with van der Waals surface area (Å²) in [5.74, 6) is 1.72. The molecule has 2 aromatic carbocycles. The second kappa shape index (κ2) is 10.9. The van der Waals surface area contributed by atoms with E-state index in [9.17, 15) is 4.79 Å². The molecule has 30 heavy (non-hydrogen) atoms. The van der Waals surface area contributed by atoms with Crippen LogP contribution in [0.3, 0.4) is 0 Å². The summed E-state index contributed by atoms with van der Waals surface area (Å²) in [6.07, 6.45) is 3.41. The summed E-state index contributed by atoms with van der Waals surface area (Å²) in [5, 5.41) is 2.99. The third-order valence-electron chi connectivity index (χ3n) is 4.41. The van der Waals surface area contributed by atoms with Crippen LogP contribution >= 0.6 is 0 Å². The number of para-hydroxylation sites is 1. The maximum atomic E-state index is 12.7. The van der Waals surface area contributed by atoms with Gasteiger partial charge in [-0.25, -0.2) is 0 Å². The van der Waals surface area contributed by atoms with Crippen molar-refractivity contribution in [2.75, 3.05) is 19.8 Å². The molecular weight excluding hydrogens is 380 g/mol. The third kappa shape index (κ3) is 5.98. The first-order valence-corrected chi connectivity index (χ1v) is 9.95. The van der Waals surface area contributed by atoms with Gasteiger partial charge in [-0.05, 0) is 61.9 Å². The number of nitrogens with one attached hydrogen (secondary N) is 1. The van der Waals surface area contributed by atoms with Crippen molar-refractivity contribution in [2.24, 2.45) is 0 Å². The Balaban J connectivity index is 1.60. The van der Waals surface area contributed by atoms with Crippen LogP contribution in [0.2, 0.25) is 0 Å². The molecule has 1 atom stereocenters. The maximum Gasteiger partial charge on any atom is 0.251 e. The van der Waals surface area contributed by atoms with Crippen molar-refractivity contribution in [3.8, 4) is 17.2 Å². The minimum absolute atomic E-state index is 0.137. The van der Waals surface area contributed by atoms with Gasteiger partial charge in [0, 0.05) is 18.0 Å². The Morgan fingerprint density at radius 2 is 1.67 bits per heavy atom. The Labute approximate surface area is 176 Å². The van der Waals surface area contributed by atoms with E-state index in [1.165, 1.54) is 0 Å². The fourth-order valence-corrected chi connectivity index (χ4v) is 2.88. The van der Waals surface area contributed by atoms with Crippen molar-refractivity contribution in [3.63, 3.8) is 0 Å². The molecule has 0 spiro atoms. The zero-order valence-electron chi connectivity index (χ0n) is 17.2. The van der Waals surface area contributed by atoms with E-state index in [1.54, 1.807) is 30.6 Å². The van der Waals surface area contributed by atoms with Crippen molar-refractivity contribution >= 4 is 5.91 Å². The lowest BCUT2D eigenvalue weighted by molar-refractivity contribution is 0.0939. The first-order chi connectivity index (χ1) is 14.7. The molecule has 1 unspecified atom stereocenters. The number of carbonyl (C=O) groups is 1. The number of aromatic nitrogens is 1. The van der Waals surface area contributed by atoms with Gasteiger partial charge in [0.05, 0.1) is 12.6 Å². The van der Waals surface area contributed by atoms with Crippen LogP contribution in [0.1, 0.15) is 35.8 Å². The van der Waals surface area contributed by atoms with Gasteiger partial charge in [0.2, 0.25) is 0 Å². The van der Waals surface area contributed by atoms with E-state index in [2.05, 4.69) is 10.3 Å². The molecule has 1 aromatic heterocycles. The number of hydrogen-bond donors (Lipinski definition) is 1. The van der Waals surface area contributed by atoms with Gasteiger partial charge >= 0.3 is 0 Å². The minimum atomic E-state index is -0.181. The number of nitrogens with zero attached hydrogens (tertiary/aromatic N) is 1. The SMILES string of the molecule is CCOc1cc(C(=O)NC(C)c2ccncc2)ccc1OCCOc1ccccc1. The molecule has 0 saturated heterocycles. The molecule has 1 amide bonds. The molecule has 6 nitrogen and oxygen atoms in total. The molecule has 156 valence electrons. The van der Waals surface area contributed by atoms with E-state index in [0.29, 0.717) is 36.9 Å². The van der Waals surface area contributed by atoms with Crippen molar-refractivity contribution in [1.82, 2.24) is 10.3 Å². The fraction of sp³-hybridized carbons (Fsp3) is 0.250. The smallest absolute Gasteiger partial charge is 0.251 e. The zero-order chi connectivity index (χ0) is 21.2.